The molecule has 4 rings (SSSR count). The van der Waals surface area contributed by atoms with E-state index in [0.29, 0.717) is 19.0 Å². The summed E-state index contributed by atoms with van der Waals surface area (Å²) < 4.78 is 74.5. The van der Waals surface area contributed by atoms with Gasteiger partial charge in [-0.1, -0.05) is 0 Å². The van der Waals surface area contributed by atoms with Gasteiger partial charge < -0.3 is 36.5 Å². The number of fused-ring (bicyclic) bond motifs is 3. The summed E-state index contributed by atoms with van der Waals surface area (Å²) in [7, 11) is 0. The summed E-state index contributed by atoms with van der Waals surface area (Å²) in [6, 6.07) is 4.77. The molecule has 0 bridgehead atoms. The van der Waals surface area contributed by atoms with Crippen LogP contribution in [-0.2, 0) is 17.8 Å². The lowest BCUT2D eigenvalue weighted by molar-refractivity contribution is -0.192. The Morgan fingerprint density at radius 2 is 1.56 bits per heavy atom. The number of carbonyl (C=O) groups is 1. The minimum Gasteiger partial charge on any atom is -0.475 e. The second-order valence-electron chi connectivity index (χ2n) is 8.84. The highest BCUT2D eigenvalue weighted by atomic mass is 19.4. The molecule has 39 heavy (non-hydrogen) atoms. The predicted octanol–water partition coefficient (Wildman–Crippen LogP) is 1.12. The minimum atomic E-state index is -5.08. The van der Waals surface area contributed by atoms with Crippen LogP contribution >= 0.6 is 0 Å². The number of aromatic nitrogens is 3. The fourth-order valence-electron chi connectivity index (χ4n) is 3.49. The molecule has 2 aromatic heterocycles. The molecule has 16 heteroatoms. The molecule has 0 aliphatic carbocycles. The van der Waals surface area contributed by atoms with E-state index < -0.39 is 66.9 Å². The molecule has 3 aromatic rings. The number of nitrogens with two attached hydrogens (primary N) is 2. The Morgan fingerprint density at radius 3 is 2.05 bits per heavy atom. The van der Waals surface area contributed by atoms with Crippen molar-refractivity contribution < 1.29 is 51.6 Å². The van der Waals surface area contributed by atoms with Gasteiger partial charge in [0.1, 0.15) is 17.2 Å². The van der Waals surface area contributed by atoms with Crippen LogP contribution in [0.15, 0.2) is 24.3 Å². The lowest BCUT2D eigenvalue weighted by Gasteiger charge is -2.30. The van der Waals surface area contributed by atoms with Crippen LogP contribution in [0.1, 0.15) is 23.0 Å². The number of aliphatic hydroxyl groups excluding tert-OH is 3. The van der Waals surface area contributed by atoms with Gasteiger partial charge >= 0.3 is 12.1 Å². The van der Waals surface area contributed by atoms with Crippen LogP contribution in [0.25, 0.3) is 11.2 Å². The molecule has 0 spiro atoms. The predicted molar refractivity (Wildman–Crippen MR) is 125 cm³/mol. The zero-order chi connectivity index (χ0) is 29.7. The number of aliphatic hydroxyl groups is 3. The van der Waals surface area contributed by atoms with E-state index in [0.717, 1.165) is 28.7 Å². The van der Waals surface area contributed by atoms with Crippen molar-refractivity contribution in [1.82, 2.24) is 14.5 Å². The van der Waals surface area contributed by atoms with Crippen LogP contribution in [0.2, 0.25) is 0 Å². The Bertz CT molecular complexity index is 1290. The smallest absolute Gasteiger partial charge is 0.475 e. The van der Waals surface area contributed by atoms with E-state index in [-0.39, 0.29) is 5.56 Å². The maximum Gasteiger partial charge on any atom is 0.490 e. The number of carboxylic acid groups (broad SMARTS) is 1. The van der Waals surface area contributed by atoms with Crippen LogP contribution in [0.4, 0.5) is 26.3 Å². The first-order chi connectivity index (χ1) is 18.1. The van der Waals surface area contributed by atoms with Gasteiger partial charge in [-0.15, -0.1) is 0 Å². The van der Waals surface area contributed by atoms with Crippen LogP contribution in [-0.4, -0.2) is 78.5 Å². The molecule has 2 atom stereocenters. The number of hydrogen-bond acceptors (Lipinski definition) is 8. The summed E-state index contributed by atoms with van der Waals surface area (Å²) in [6.45, 7) is 1.08. The number of carboxylic acids is 1. The fraction of sp³-hybridized carbons (Fsp3) is 0.435. The summed E-state index contributed by atoms with van der Waals surface area (Å²) in [5.74, 6) is -5.56. The number of pyridine rings is 1. The van der Waals surface area contributed by atoms with E-state index in [9.17, 15) is 26.3 Å². The number of aryl methyl sites for hydroxylation is 1. The van der Waals surface area contributed by atoms with Crippen molar-refractivity contribution in [2.24, 2.45) is 11.5 Å². The van der Waals surface area contributed by atoms with Gasteiger partial charge in [0.05, 0.1) is 25.4 Å². The molecule has 0 saturated heterocycles. The minimum absolute atomic E-state index is 0.0869. The largest absolute Gasteiger partial charge is 0.490 e. The molecule has 1 aromatic carbocycles. The number of nitrogens with zero attached hydrogens (tertiary/aromatic N) is 3. The van der Waals surface area contributed by atoms with Gasteiger partial charge in [0.25, 0.3) is 0 Å². The third kappa shape index (κ3) is 7.86. The summed E-state index contributed by atoms with van der Waals surface area (Å²) >= 11 is 0. The molecule has 0 amide bonds. The molecule has 8 N–H and O–H groups in total. The lowest BCUT2D eigenvalue weighted by atomic mass is 9.86. The number of hydrogen-bond donors (Lipinski definition) is 6. The second-order valence-corrected chi connectivity index (χ2v) is 8.84. The van der Waals surface area contributed by atoms with Gasteiger partial charge in [0, 0.05) is 36.7 Å². The Hall–Kier alpha value is -3.31. The van der Waals surface area contributed by atoms with Crippen molar-refractivity contribution in [2.75, 3.05) is 19.8 Å². The highest BCUT2D eigenvalue weighted by Crippen LogP contribution is 2.33. The number of rotatable bonds is 4. The maximum atomic E-state index is 14.1. The Labute approximate surface area is 217 Å². The van der Waals surface area contributed by atoms with Crippen molar-refractivity contribution in [3.63, 3.8) is 0 Å². The first kappa shape index (κ1) is 31.9. The SMILES string of the molecule is Cc1ccc2nc3n(c2n1)C[C@H](N)[C@@H](c1cc(F)c(F)cc1F)C3.NC(CO)(CO)CO.O=C(O)C(F)(F)F. The van der Waals surface area contributed by atoms with E-state index in [1.165, 1.54) is 0 Å². The van der Waals surface area contributed by atoms with Crippen LogP contribution < -0.4 is 11.5 Å². The summed E-state index contributed by atoms with van der Waals surface area (Å²) in [6.07, 6.45) is -4.74. The number of aliphatic carboxylic acids is 1. The third-order valence-corrected chi connectivity index (χ3v) is 5.75. The summed E-state index contributed by atoms with van der Waals surface area (Å²) in [5.41, 5.74) is 12.6. The quantitative estimate of drug-likeness (QED) is 0.199. The zero-order valence-corrected chi connectivity index (χ0v) is 20.5. The summed E-state index contributed by atoms with van der Waals surface area (Å²) in [5, 5.41) is 32.1. The van der Waals surface area contributed by atoms with Gasteiger partial charge in [0.15, 0.2) is 17.3 Å². The second kappa shape index (κ2) is 12.7. The average molecular weight is 567 g/mol. The van der Waals surface area contributed by atoms with Gasteiger partial charge in [-0.2, -0.15) is 13.2 Å². The number of halogens is 6. The van der Waals surface area contributed by atoms with E-state index >= 15 is 0 Å². The van der Waals surface area contributed by atoms with E-state index in [1.807, 2.05) is 23.6 Å². The molecule has 10 nitrogen and oxygen atoms in total. The number of alkyl halides is 3. The van der Waals surface area contributed by atoms with Gasteiger partial charge in [-0.25, -0.2) is 27.9 Å². The summed E-state index contributed by atoms with van der Waals surface area (Å²) in [4.78, 5) is 17.9. The average Bonchev–Trinajstić information content (AvgIpc) is 3.22. The Kier molecular flexibility index (Phi) is 10.4. The molecule has 216 valence electrons. The van der Waals surface area contributed by atoms with Crippen molar-refractivity contribution in [2.45, 2.75) is 43.6 Å². The Balaban J connectivity index is 0.000000295. The number of imidazole rings is 1. The monoisotopic (exact) mass is 567 g/mol. The lowest BCUT2D eigenvalue weighted by Crippen LogP contribution is -2.50. The topological polar surface area (TPSA) is 181 Å². The molecule has 0 radical (unpaired) electrons. The standard InChI is InChI=1S/C17H15F3N4.C4H11NO3.C2HF3O2/c1-8-2-3-15-17(22-8)24-7-14(21)10(5-16(24)23-15)9-4-12(19)13(20)6-11(9)18;5-4(1-6,2-7)3-8;3-2(4,5)1(6)7/h2-4,6,10,14H,5,7,21H2,1H3;6-8H,1-3,5H2;(H,6,7)/t10-,14+;;/m1../s1. The molecule has 3 heterocycles. The van der Waals surface area contributed by atoms with E-state index in [4.69, 9.17) is 36.7 Å². The van der Waals surface area contributed by atoms with Crippen molar-refractivity contribution in [3.05, 3.63) is 58.8 Å². The Morgan fingerprint density at radius 1 is 1.03 bits per heavy atom. The van der Waals surface area contributed by atoms with Crippen molar-refractivity contribution >= 4 is 17.1 Å². The third-order valence-electron chi connectivity index (χ3n) is 5.75. The van der Waals surface area contributed by atoms with Gasteiger partial charge in [-0.05, 0) is 30.7 Å². The van der Waals surface area contributed by atoms with Crippen LogP contribution in [0, 0.1) is 24.4 Å². The van der Waals surface area contributed by atoms with Crippen molar-refractivity contribution in [3.8, 4) is 0 Å². The molecule has 1 aliphatic heterocycles. The molecule has 1 aliphatic rings. The molecular formula is C23H27F6N5O5. The molecule has 0 fully saturated rings. The van der Waals surface area contributed by atoms with Gasteiger partial charge in [0.2, 0.25) is 0 Å². The number of benzene rings is 1. The van der Waals surface area contributed by atoms with Crippen LogP contribution in [0.3, 0.4) is 0 Å². The first-order valence-corrected chi connectivity index (χ1v) is 11.2. The maximum absolute atomic E-state index is 14.1. The van der Waals surface area contributed by atoms with Crippen LogP contribution in [0.5, 0.6) is 0 Å². The molecule has 0 saturated carbocycles. The molecule has 0 unspecified atom stereocenters. The highest BCUT2D eigenvalue weighted by molar-refractivity contribution is 5.73. The molecular weight excluding hydrogens is 540 g/mol. The fourth-order valence-corrected chi connectivity index (χ4v) is 3.49. The van der Waals surface area contributed by atoms with E-state index in [1.54, 1.807) is 0 Å². The highest BCUT2D eigenvalue weighted by Gasteiger charge is 2.38. The normalized spacial score (nSPS) is 17.0. The van der Waals surface area contributed by atoms with E-state index in [2.05, 4.69) is 9.97 Å². The first-order valence-electron chi connectivity index (χ1n) is 11.2. The zero-order valence-electron chi connectivity index (χ0n) is 20.5. The van der Waals surface area contributed by atoms with Gasteiger partial charge in [-0.3, -0.25) is 0 Å². The van der Waals surface area contributed by atoms with Crippen molar-refractivity contribution in [1.29, 1.82) is 0 Å².